The number of phenols is 1. The summed E-state index contributed by atoms with van der Waals surface area (Å²) in [5, 5.41) is 29.1. The van der Waals surface area contributed by atoms with Crippen LogP contribution in [-0.2, 0) is 6.42 Å². The van der Waals surface area contributed by atoms with Gasteiger partial charge in [0, 0.05) is 5.56 Å². The van der Waals surface area contributed by atoms with Gasteiger partial charge in [-0.15, -0.1) is 0 Å². The lowest BCUT2D eigenvalue weighted by Gasteiger charge is -2.21. The normalized spacial score (nSPS) is 16.7. The molecule has 3 rings (SSSR count). The monoisotopic (exact) mass is 312 g/mol. The predicted octanol–water partition coefficient (Wildman–Crippen LogP) is 3.70. The van der Waals surface area contributed by atoms with Gasteiger partial charge in [-0.2, -0.15) is 10.2 Å². The van der Waals surface area contributed by atoms with Gasteiger partial charge >= 0.3 is 0 Å². The third-order valence-electron chi connectivity index (χ3n) is 4.82. The van der Waals surface area contributed by atoms with Crippen molar-refractivity contribution in [2.24, 2.45) is 0 Å². The molecule has 23 heavy (non-hydrogen) atoms. The first-order valence-electron chi connectivity index (χ1n) is 8.32. The summed E-state index contributed by atoms with van der Waals surface area (Å²) in [5.74, 6) is 0.241. The van der Waals surface area contributed by atoms with E-state index >= 15 is 0 Å². The summed E-state index contributed by atoms with van der Waals surface area (Å²) in [6, 6.07) is 7.62. The Morgan fingerprint density at radius 3 is 2.43 bits per heavy atom. The van der Waals surface area contributed by atoms with Crippen LogP contribution in [0.1, 0.15) is 48.9 Å². The maximum atomic E-state index is 10.4. The van der Waals surface area contributed by atoms with E-state index in [1.54, 1.807) is 6.07 Å². The molecule has 4 nitrogen and oxygen atoms in total. The quantitative estimate of drug-likeness (QED) is 0.903. The van der Waals surface area contributed by atoms with Crippen molar-refractivity contribution in [1.29, 1.82) is 0 Å². The van der Waals surface area contributed by atoms with E-state index in [-0.39, 0.29) is 5.75 Å². The minimum atomic E-state index is -0.508. The van der Waals surface area contributed by atoms with E-state index in [1.165, 1.54) is 0 Å². The lowest BCUT2D eigenvalue weighted by molar-refractivity contribution is 0.0388. The highest BCUT2D eigenvalue weighted by Crippen LogP contribution is 2.34. The second-order valence-electron chi connectivity index (χ2n) is 6.82. The van der Waals surface area contributed by atoms with Crippen molar-refractivity contribution in [2.75, 3.05) is 0 Å². The van der Waals surface area contributed by atoms with Gasteiger partial charge in [-0.05, 0) is 68.9 Å². The summed E-state index contributed by atoms with van der Waals surface area (Å²) in [5.41, 5.74) is 3.82. The second kappa shape index (κ2) is 6.28. The van der Waals surface area contributed by atoms with Crippen LogP contribution in [0.4, 0.5) is 0 Å². The van der Waals surface area contributed by atoms with Gasteiger partial charge in [-0.3, -0.25) is 0 Å². The van der Waals surface area contributed by atoms with Gasteiger partial charge in [0.2, 0.25) is 0 Å². The molecule has 1 aliphatic rings. The van der Waals surface area contributed by atoms with Crippen LogP contribution in [0.2, 0.25) is 0 Å². The third-order valence-corrected chi connectivity index (χ3v) is 4.82. The second-order valence-corrected chi connectivity index (χ2v) is 6.82. The van der Waals surface area contributed by atoms with Crippen molar-refractivity contribution in [3.8, 4) is 17.0 Å². The van der Waals surface area contributed by atoms with Crippen molar-refractivity contribution in [3.63, 3.8) is 0 Å². The standard InChI is InChI=1S/C19H24N2O2/c1-13-11-14(2)18(17(22)12-13)16-6-5-15(20-21-16)7-10-19(23)8-3-4-9-19/h5-6,11-12,22-23H,3-4,7-10H2,1-2H3. The van der Waals surface area contributed by atoms with Crippen LogP contribution in [0, 0.1) is 13.8 Å². The summed E-state index contributed by atoms with van der Waals surface area (Å²) < 4.78 is 0. The Morgan fingerprint density at radius 1 is 1.09 bits per heavy atom. The van der Waals surface area contributed by atoms with E-state index in [0.717, 1.165) is 60.9 Å². The molecule has 2 N–H and O–H groups in total. The first-order chi connectivity index (χ1) is 11.0. The smallest absolute Gasteiger partial charge is 0.125 e. The summed E-state index contributed by atoms with van der Waals surface area (Å²) >= 11 is 0. The number of rotatable bonds is 4. The Bertz CT molecular complexity index is 666. The average Bonchev–Trinajstić information content (AvgIpc) is 2.93. The minimum absolute atomic E-state index is 0.241. The molecule has 0 atom stereocenters. The molecule has 1 saturated carbocycles. The molecule has 0 radical (unpaired) electrons. The molecular weight excluding hydrogens is 288 g/mol. The number of aromatic hydroxyl groups is 1. The molecule has 0 unspecified atom stereocenters. The van der Waals surface area contributed by atoms with Crippen molar-refractivity contribution in [3.05, 3.63) is 41.1 Å². The molecule has 122 valence electrons. The molecule has 0 amide bonds. The summed E-state index contributed by atoms with van der Waals surface area (Å²) in [7, 11) is 0. The maximum Gasteiger partial charge on any atom is 0.125 e. The molecule has 1 heterocycles. The van der Waals surface area contributed by atoms with Gasteiger partial charge in [-0.1, -0.05) is 18.9 Å². The van der Waals surface area contributed by atoms with Crippen molar-refractivity contribution < 1.29 is 10.2 Å². The van der Waals surface area contributed by atoms with Crippen LogP contribution in [0.15, 0.2) is 24.3 Å². The van der Waals surface area contributed by atoms with Crippen molar-refractivity contribution in [1.82, 2.24) is 10.2 Å². The van der Waals surface area contributed by atoms with Gasteiger partial charge in [0.05, 0.1) is 17.0 Å². The molecule has 1 aliphatic carbocycles. The lowest BCUT2D eigenvalue weighted by atomic mass is 9.95. The van der Waals surface area contributed by atoms with Gasteiger partial charge in [0.25, 0.3) is 0 Å². The SMILES string of the molecule is Cc1cc(C)c(-c2ccc(CCC3(O)CCCC3)nn2)c(O)c1. The van der Waals surface area contributed by atoms with Crippen molar-refractivity contribution >= 4 is 0 Å². The summed E-state index contributed by atoms with van der Waals surface area (Å²) in [6.45, 7) is 3.92. The number of aromatic nitrogens is 2. The number of phenolic OH excluding ortho intramolecular Hbond substituents is 1. The molecule has 1 fully saturated rings. The van der Waals surface area contributed by atoms with Crippen LogP contribution in [-0.4, -0.2) is 26.0 Å². The Kier molecular flexibility index (Phi) is 4.35. The van der Waals surface area contributed by atoms with E-state index in [1.807, 2.05) is 32.0 Å². The number of nitrogens with zero attached hydrogens (tertiary/aromatic N) is 2. The molecular formula is C19H24N2O2. The molecule has 1 aromatic carbocycles. The fourth-order valence-electron chi connectivity index (χ4n) is 3.55. The molecule has 1 aromatic heterocycles. The Labute approximate surface area is 137 Å². The molecule has 0 bridgehead atoms. The molecule has 4 heteroatoms. The molecule has 0 aliphatic heterocycles. The largest absolute Gasteiger partial charge is 0.507 e. The summed E-state index contributed by atoms with van der Waals surface area (Å²) in [6.07, 6.45) is 5.52. The number of aryl methyl sites for hydroxylation is 3. The third kappa shape index (κ3) is 3.53. The van der Waals surface area contributed by atoms with E-state index in [0.29, 0.717) is 5.69 Å². The van der Waals surface area contributed by atoms with Gasteiger partial charge in [0.15, 0.2) is 0 Å². The van der Waals surface area contributed by atoms with Crippen LogP contribution in [0.3, 0.4) is 0 Å². The highest BCUT2D eigenvalue weighted by molar-refractivity contribution is 5.70. The minimum Gasteiger partial charge on any atom is -0.507 e. The average molecular weight is 312 g/mol. The number of hydrogen-bond acceptors (Lipinski definition) is 4. The molecule has 0 spiro atoms. The number of hydrogen-bond donors (Lipinski definition) is 2. The predicted molar refractivity (Wildman–Crippen MR) is 90.3 cm³/mol. The van der Waals surface area contributed by atoms with Gasteiger partial charge in [0.1, 0.15) is 5.75 Å². The zero-order valence-electron chi connectivity index (χ0n) is 13.8. The van der Waals surface area contributed by atoms with Crippen LogP contribution < -0.4 is 0 Å². The van der Waals surface area contributed by atoms with E-state index in [4.69, 9.17) is 0 Å². The van der Waals surface area contributed by atoms with E-state index < -0.39 is 5.60 Å². The highest BCUT2D eigenvalue weighted by atomic mass is 16.3. The first-order valence-corrected chi connectivity index (χ1v) is 8.32. The van der Waals surface area contributed by atoms with Gasteiger partial charge in [-0.25, -0.2) is 0 Å². The Morgan fingerprint density at radius 2 is 1.83 bits per heavy atom. The van der Waals surface area contributed by atoms with E-state index in [9.17, 15) is 10.2 Å². The number of benzene rings is 1. The fourth-order valence-corrected chi connectivity index (χ4v) is 3.55. The highest BCUT2D eigenvalue weighted by Gasteiger charge is 2.30. The summed E-state index contributed by atoms with van der Waals surface area (Å²) in [4.78, 5) is 0. The van der Waals surface area contributed by atoms with Crippen LogP contribution >= 0.6 is 0 Å². The number of aliphatic hydroxyl groups is 1. The zero-order valence-corrected chi connectivity index (χ0v) is 13.8. The van der Waals surface area contributed by atoms with Gasteiger partial charge < -0.3 is 10.2 Å². The van der Waals surface area contributed by atoms with E-state index in [2.05, 4.69) is 10.2 Å². The van der Waals surface area contributed by atoms with Crippen LogP contribution in [0.5, 0.6) is 5.75 Å². The molecule has 2 aromatic rings. The topological polar surface area (TPSA) is 66.2 Å². The zero-order chi connectivity index (χ0) is 16.4. The van der Waals surface area contributed by atoms with Crippen molar-refractivity contribution in [2.45, 2.75) is 58.0 Å². The molecule has 0 saturated heterocycles. The lowest BCUT2D eigenvalue weighted by Crippen LogP contribution is -2.24. The Balaban J connectivity index is 1.75. The Hall–Kier alpha value is -1.94. The first kappa shape index (κ1) is 15.9. The maximum absolute atomic E-state index is 10.4. The van der Waals surface area contributed by atoms with Crippen LogP contribution in [0.25, 0.3) is 11.3 Å². The fraction of sp³-hybridized carbons (Fsp3) is 0.474.